The summed E-state index contributed by atoms with van der Waals surface area (Å²) in [7, 11) is 0. The molecule has 0 aliphatic carbocycles. The number of rotatable bonds is 9. The molecule has 0 amide bonds. The molecule has 3 heteroatoms. The van der Waals surface area contributed by atoms with Gasteiger partial charge in [0, 0.05) is 6.42 Å². The Balaban J connectivity index is 3.50. The van der Waals surface area contributed by atoms with Crippen molar-refractivity contribution in [2.24, 2.45) is 5.92 Å². The highest BCUT2D eigenvalue weighted by Gasteiger charge is 2.15. The number of carbonyl (C=O) groups excluding carboxylic acids is 1. The number of hydrogen-bond donors (Lipinski definition) is 1. The maximum atomic E-state index is 10.7. The predicted octanol–water partition coefficient (Wildman–Crippen LogP) is 2.64. The molecule has 0 saturated heterocycles. The molecule has 0 aromatic carbocycles. The van der Waals surface area contributed by atoms with Crippen molar-refractivity contribution in [2.45, 2.75) is 51.9 Å². The first kappa shape index (κ1) is 13.1. The van der Waals surface area contributed by atoms with Gasteiger partial charge in [-0.05, 0) is 6.42 Å². The molecule has 0 spiro atoms. The van der Waals surface area contributed by atoms with E-state index in [1.807, 2.05) is 0 Å². The standard InChI is InChI=1S/C11H20O3/c1-2-3-4-5-6-7-10(8-9-12)11(13)14/h9-10H,2-8H2,1H3,(H,13,14). The molecular weight excluding hydrogens is 180 g/mol. The minimum atomic E-state index is -0.840. The quantitative estimate of drug-likeness (QED) is 0.460. The fourth-order valence-electron chi connectivity index (χ4n) is 1.45. The number of carbonyl (C=O) groups is 2. The monoisotopic (exact) mass is 200 g/mol. The molecule has 1 unspecified atom stereocenters. The van der Waals surface area contributed by atoms with Crippen molar-refractivity contribution < 1.29 is 14.7 Å². The van der Waals surface area contributed by atoms with Crippen molar-refractivity contribution >= 4 is 12.3 Å². The van der Waals surface area contributed by atoms with Gasteiger partial charge in [-0.1, -0.05) is 39.0 Å². The zero-order valence-electron chi connectivity index (χ0n) is 8.87. The van der Waals surface area contributed by atoms with E-state index in [4.69, 9.17) is 5.11 Å². The summed E-state index contributed by atoms with van der Waals surface area (Å²) < 4.78 is 0. The lowest BCUT2D eigenvalue weighted by atomic mass is 9.98. The Morgan fingerprint density at radius 1 is 1.29 bits per heavy atom. The van der Waals surface area contributed by atoms with Crippen LogP contribution in [0.4, 0.5) is 0 Å². The van der Waals surface area contributed by atoms with E-state index in [0.717, 1.165) is 12.8 Å². The maximum absolute atomic E-state index is 10.7. The summed E-state index contributed by atoms with van der Waals surface area (Å²) in [5.74, 6) is -1.30. The Morgan fingerprint density at radius 3 is 2.43 bits per heavy atom. The van der Waals surface area contributed by atoms with Crippen LogP contribution >= 0.6 is 0 Å². The minimum absolute atomic E-state index is 0.156. The van der Waals surface area contributed by atoms with Crippen molar-refractivity contribution in [1.82, 2.24) is 0 Å². The van der Waals surface area contributed by atoms with Crippen LogP contribution in [-0.4, -0.2) is 17.4 Å². The lowest BCUT2D eigenvalue weighted by Crippen LogP contribution is -2.13. The van der Waals surface area contributed by atoms with Gasteiger partial charge < -0.3 is 9.90 Å². The summed E-state index contributed by atoms with van der Waals surface area (Å²) in [6, 6.07) is 0. The number of aliphatic carboxylic acids is 1. The van der Waals surface area contributed by atoms with Crippen LogP contribution in [0.2, 0.25) is 0 Å². The highest BCUT2D eigenvalue weighted by molar-refractivity contribution is 5.73. The smallest absolute Gasteiger partial charge is 0.306 e. The van der Waals surface area contributed by atoms with E-state index < -0.39 is 11.9 Å². The topological polar surface area (TPSA) is 54.4 Å². The number of carboxylic acid groups (broad SMARTS) is 1. The number of unbranched alkanes of at least 4 members (excludes halogenated alkanes) is 4. The molecule has 0 bridgehead atoms. The summed E-state index contributed by atoms with van der Waals surface area (Å²) in [5, 5.41) is 8.75. The van der Waals surface area contributed by atoms with Gasteiger partial charge in [-0.2, -0.15) is 0 Å². The molecule has 82 valence electrons. The summed E-state index contributed by atoms with van der Waals surface area (Å²) in [6.45, 7) is 2.15. The fraction of sp³-hybridized carbons (Fsp3) is 0.818. The normalized spacial score (nSPS) is 12.4. The van der Waals surface area contributed by atoms with Crippen molar-refractivity contribution in [3.8, 4) is 0 Å². The van der Waals surface area contributed by atoms with E-state index in [1.54, 1.807) is 0 Å². The van der Waals surface area contributed by atoms with Crippen LogP contribution in [0, 0.1) is 5.92 Å². The van der Waals surface area contributed by atoms with Crippen LogP contribution in [0.15, 0.2) is 0 Å². The summed E-state index contributed by atoms with van der Waals surface area (Å²) in [5.41, 5.74) is 0. The van der Waals surface area contributed by atoms with Crippen LogP contribution in [0.5, 0.6) is 0 Å². The second-order valence-electron chi connectivity index (χ2n) is 3.64. The Hall–Kier alpha value is -0.860. The second-order valence-corrected chi connectivity index (χ2v) is 3.64. The van der Waals surface area contributed by atoms with Crippen molar-refractivity contribution in [1.29, 1.82) is 0 Å². The third kappa shape index (κ3) is 6.63. The van der Waals surface area contributed by atoms with Crippen molar-refractivity contribution in [3.63, 3.8) is 0 Å². The molecule has 0 fully saturated rings. The molecule has 0 aliphatic heterocycles. The fourth-order valence-corrected chi connectivity index (χ4v) is 1.45. The van der Waals surface area contributed by atoms with E-state index in [-0.39, 0.29) is 6.42 Å². The summed E-state index contributed by atoms with van der Waals surface area (Å²) in [6.07, 6.45) is 7.07. The maximum Gasteiger partial charge on any atom is 0.306 e. The van der Waals surface area contributed by atoms with Crippen molar-refractivity contribution in [2.75, 3.05) is 0 Å². The van der Waals surface area contributed by atoms with Gasteiger partial charge in [-0.3, -0.25) is 4.79 Å². The van der Waals surface area contributed by atoms with E-state index in [1.165, 1.54) is 19.3 Å². The molecule has 3 nitrogen and oxygen atoms in total. The highest BCUT2D eigenvalue weighted by atomic mass is 16.4. The molecule has 0 aliphatic rings. The molecule has 14 heavy (non-hydrogen) atoms. The van der Waals surface area contributed by atoms with E-state index >= 15 is 0 Å². The summed E-state index contributed by atoms with van der Waals surface area (Å²) in [4.78, 5) is 20.8. The molecule has 0 saturated carbocycles. The third-order valence-corrected chi connectivity index (χ3v) is 2.39. The first-order valence-corrected chi connectivity index (χ1v) is 5.38. The Labute approximate surface area is 85.5 Å². The van der Waals surface area contributed by atoms with Crippen LogP contribution in [0.3, 0.4) is 0 Å². The van der Waals surface area contributed by atoms with Gasteiger partial charge in [0.2, 0.25) is 0 Å². The number of hydrogen-bond acceptors (Lipinski definition) is 2. The van der Waals surface area contributed by atoms with Gasteiger partial charge >= 0.3 is 5.97 Å². The average molecular weight is 200 g/mol. The van der Waals surface area contributed by atoms with Gasteiger partial charge in [0.25, 0.3) is 0 Å². The Kier molecular flexibility index (Phi) is 8.19. The minimum Gasteiger partial charge on any atom is -0.481 e. The first-order chi connectivity index (χ1) is 6.72. The molecular formula is C11H20O3. The largest absolute Gasteiger partial charge is 0.481 e. The van der Waals surface area contributed by atoms with Gasteiger partial charge in [0.1, 0.15) is 6.29 Å². The first-order valence-electron chi connectivity index (χ1n) is 5.38. The Bertz CT molecular complexity index is 166. The van der Waals surface area contributed by atoms with Gasteiger partial charge in [-0.25, -0.2) is 0 Å². The SMILES string of the molecule is CCCCCCCC(CC=O)C(=O)O. The molecule has 0 aromatic heterocycles. The number of aldehydes is 1. The zero-order valence-corrected chi connectivity index (χ0v) is 8.87. The zero-order chi connectivity index (χ0) is 10.8. The lowest BCUT2D eigenvalue weighted by molar-refractivity contribution is -0.143. The Morgan fingerprint density at radius 2 is 1.93 bits per heavy atom. The predicted molar refractivity (Wildman–Crippen MR) is 55.2 cm³/mol. The van der Waals surface area contributed by atoms with E-state index in [0.29, 0.717) is 12.7 Å². The van der Waals surface area contributed by atoms with Crippen LogP contribution in [0.1, 0.15) is 51.9 Å². The van der Waals surface area contributed by atoms with E-state index in [2.05, 4.69) is 6.92 Å². The second kappa shape index (κ2) is 8.73. The van der Waals surface area contributed by atoms with Crippen LogP contribution in [0.25, 0.3) is 0 Å². The van der Waals surface area contributed by atoms with Crippen LogP contribution in [-0.2, 0) is 9.59 Å². The highest BCUT2D eigenvalue weighted by Crippen LogP contribution is 2.14. The molecule has 1 atom stereocenters. The molecule has 0 radical (unpaired) electrons. The van der Waals surface area contributed by atoms with Gasteiger partial charge in [0.15, 0.2) is 0 Å². The number of carboxylic acids is 1. The third-order valence-electron chi connectivity index (χ3n) is 2.39. The van der Waals surface area contributed by atoms with Crippen LogP contribution < -0.4 is 0 Å². The lowest BCUT2D eigenvalue weighted by Gasteiger charge is -2.07. The van der Waals surface area contributed by atoms with Gasteiger partial charge in [-0.15, -0.1) is 0 Å². The molecule has 0 rings (SSSR count). The molecule has 0 heterocycles. The summed E-state index contributed by atoms with van der Waals surface area (Å²) >= 11 is 0. The van der Waals surface area contributed by atoms with Crippen molar-refractivity contribution in [3.05, 3.63) is 0 Å². The molecule has 0 aromatic rings. The molecule has 1 N–H and O–H groups in total. The average Bonchev–Trinajstić information content (AvgIpc) is 2.15. The van der Waals surface area contributed by atoms with Gasteiger partial charge in [0.05, 0.1) is 5.92 Å². The van der Waals surface area contributed by atoms with E-state index in [9.17, 15) is 9.59 Å².